The molecule has 3 heteroatoms. The van der Waals surface area contributed by atoms with Gasteiger partial charge in [0.2, 0.25) is 0 Å². The maximum atomic E-state index is 6.19. The van der Waals surface area contributed by atoms with Gasteiger partial charge in [-0.05, 0) is 25.5 Å². The molecule has 1 aliphatic heterocycles. The van der Waals surface area contributed by atoms with Gasteiger partial charge in [-0.25, -0.2) is 0 Å². The van der Waals surface area contributed by atoms with Gasteiger partial charge in [-0.15, -0.1) is 0 Å². The Kier molecular flexibility index (Phi) is 3.85. The van der Waals surface area contributed by atoms with Gasteiger partial charge in [0.1, 0.15) is 0 Å². The highest BCUT2D eigenvalue weighted by Crippen LogP contribution is 2.19. The van der Waals surface area contributed by atoms with Crippen LogP contribution < -0.4 is 5.32 Å². The van der Waals surface area contributed by atoms with E-state index >= 15 is 0 Å². The second-order valence-corrected chi connectivity index (χ2v) is 4.95. The molecule has 0 aromatic heterocycles. The van der Waals surface area contributed by atoms with Crippen molar-refractivity contribution in [3.05, 3.63) is 34.9 Å². The van der Waals surface area contributed by atoms with E-state index in [9.17, 15) is 0 Å². The molecule has 16 heavy (non-hydrogen) atoms. The number of halogens is 1. The number of hydrogen-bond donors (Lipinski definition) is 1. The molecule has 1 heterocycles. The zero-order valence-electron chi connectivity index (χ0n) is 9.91. The van der Waals surface area contributed by atoms with Crippen LogP contribution in [0.2, 0.25) is 5.02 Å². The van der Waals surface area contributed by atoms with Crippen LogP contribution in [-0.2, 0) is 6.54 Å². The Morgan fingerprint density at radius 2 is 2.12 bits per heavy atom. The van der Waals surface area contributed by atoms with Gasteiger partial charge in [0, 0.05) is 36.7 Å². The summed E-state index contributed by atoms with van der Waals surface area (Å²) in [5.41, 5.74) is 1.23. The smallest absolute Gasteiger partial charge is 0.0451 e. The van der Waals surface area contributed by atoms with Gasteiger partial charge in [0.05, 0.1) is 0 Å². The summed E-state index contributed by atoms with van der Waals surface area (Å²) in [6, 6.07) is 9.23. The van der Waals surface area contributed by atoms with Crippen LogP contribution in [0.3, 0.4) is 0 Å². The predicted octanol–water partition coefficient (Wildman–Crippen LogP) is 2.52. The van der Waals surface area contributed by atoms with Gasteiger partial charge in [-0.1, -0.05) is 29.8 Å². The fraction of sp³-hybridized carbons (Fsp3) is 0.538. The van der Waals surface area contributed by atoms with Gasteiger partial charge in [-0.2, -0.15) is 0 Å². The van der Waals surface area contributed by atoms with Crippen LogP contribution in [0.4, 0.5) is 0 Å². The van der Waals surface area contributed by atoms with E-state index in [0.29, 0.717) is 12.1 Å². The molecule has 88 valence electrons. The van der Waals surface area contributed by atoms with Gasteiger partial charge >= 0.3 is 0 Å². The molecule has 0 aliphatic carbocycles. The molecule has 1 saturated heterocycles. The van der Waals surface area contributed by atoms with Gasteiger partial charge in [0.25, 0.3) is 0 Å². The monoisotopic (exact) mass is 238 g/mol. The van der Waals surface area contributed by atoms with Crippen LogP contribution in [-0.4, -0.2) is 30.1 Å². The van der Waals surface area contributed by atoms with Crippen LogP contribution in [0.25, 0.3) is 0 Å². The zero-order chi connectivity index (χ0) is 11.5. The minimum Gasteiger partial charge on any atom is -0.311 e. The Balaban J connectivity index is 2.06. The normalized spacial score (nSPS) is 26.9. The lowest BCUT2D eigenvalue weighted by Crippen LogP contribution is -2.54. The number of nitrogens with one attached hydrogen (secondary N) is 1. The number of hydrogen-bond acceptors (Lipinski definition) is 2. The Morgan fingerprint density at radius 3 is 2.88 bits per heavy atom. The van der Waals surface area contributed by atoms with E-state index in [1.807, 2.05) is 12.1 Å². The third kappa shape index (κ3) is 2.57. The van der Waals surface area contributed by atoms with E-state index in [1.54, 1.807) is 0 Å². The largest absolute Gasteiger partial charge is 0.311 e. The first-order valence-electron chi connectivity index (χ1n) is 5.89. The number of rotatable bonds is 2. The van der Waals surface area contributed by atoms with Crippen LogP contribution in [0.1, 0.15) is 19.4 Å². The Bertz CT molecular complexity index is 354. The molecule has 1 aromatic carbocycles. The van der Waals surface area contributed by atoms with E-state index < -0.39 is 0 Å². The van der Waals surface area contributed by atoms with Crippen molar-refractivity contribution in [2.24, 2.45) is 0 Å². The van der Waals surface area contributed by atoms with E-state index in [2.05, 4.69) is 36.2 Å². The number of benzene rings is 1. The summed E-state index contributed by atoms with van der Waals surface area (Å²) >= 11 is 6.19. The first-order valence-corrected chi connectivity index (χ1v) is 6.27. The number of piperazine rings is 1. The Morgan fingerprint density at radius 1 is 1.38 bits per heavy atom. The Labute approximate surface area is 103 Å². The molecule has 1 fully saturated rings. The van der Waals surface area contributed by atoms with Crippen LogP contribution >= 0.6 is 11.6 Å². The van der Waals surface area contributed by atoms with Crippen molar-refractivity contribution in [3.63, 3.8) is 0 Å². The Hall–Kier alpha value is -0.570. The molecule has 0 bridgehead atoms. The minimum atomic E-state index is 0.552. The summed E-state index contributed by atoms with van der Waals surface area (Å²) < 4.78 is 0. The molecular weight excluding hydrogens is 220 g/mol. The highest BCUT2D eigenvalue weighted by molar-refractivity contribution is 6.31. The molecule has 1 aliphatic rings. The fourth-order valence-corrected chi connectivity index (χ4v) is 2.39. The van der Waals surface area contributed by atoms with E-state index in [0.717, 1.165) is 24.7 Å². The molecular formula is C13H19ClN2. The van der Waals surface area contributed by atoms with E-state index in [1.165, 1.54) is 5.56 Å². The lowest BCUT2D eigenvalue weighted by Gasteiger charge is -2.38. The van der Waals surface area contributed by atoms with Gasteiger partial charge in [-0.3, -0.25) is 4.90 Å². The van der Waals surface area contributed by atoms with Crippen molar-refractivity contribution >= 4 is 11.6 Å². The zero-order valence-corrected chi connectivity index (χ0v) is 10.7. The van der Waals surface area contributed by atoms with E-state index in [-0.39, 0.29) is 0 Å². The van der Waals surface area contributed by atoms with Crippen molar-refractivity contribution in [2.75, 3.05) is 13.1 Å². The molecule has 0 spiro atoms. The quantitative estimate of drug-likeness (QED) is 0.852. The standard InChI is InChI=1S/C13H19ClN2/c1-10-11(2)16(8-7-15-10)9-12-5-3-4-6-13(12)14/h3-6,10-11,15H,7-9H2,1-2H3. The van der Waals surface area contributed by atoms with Gasteiger partial charge in [0.15, 0.2) is 0 Å². The van der Waals surface area contributed by atoms with Gasteiger partial charge < -0.3 is 5.32 Å². The second-order valence-electron chi connectivity index (χ2n) is 4.55. The lowest BCUT2D eigenvalue weighted by molar-refractivity contribution is 0.131. The second kappa shape index (κ2) is 5.17. The summed E-state index contributed by atoms with van der Waals surface area (Å²) in [6.07, 6.45) is 0. The summed E-state index contributed by atoms with van der Waals surface area (Å²) in [7, 11) is 0. The maximum absolute atomic E-state index is 6.19. The topological polar surface area (TPSA) is 15.3 Å². The molecule has 0 amide bonds. The fourth-order valence-electron chi connectivity index (χ4n) is 2.19. The van der Waals surface area contributed by atoms with E-state index in [4.69, 9.17) is 11.6 Å². The van der Waals surface area contributed by atoms with Crippen LogP contribution in [0.15, 0.2) is 24.3 Å². The number of nitrogens with zero attached hydrogens (tertiary/aromatic N) is 1. The summed E-state index contributed by atoms with van der Waals surface area (Å²) in [5, 5.41) is 4.36. The molecule has 2 nitrogen and oxygen atoms in total. The summed E-state index contributed by atoms with van der Waals surface area (Å²) in [5.74, 6) is 0. The first-order chi connectivity index (χ1) is 7.68. The average molecular weight is 239 g/mol. The lowest BCUT2D eigenvalue weighted by atomic mass is 10.1. The average Bonchev–Trinajstić information content (AvgIpc) is 2.28. The maximum Gasteiger partial charge on any atom is 0.0451 e. The minimum absolute atomic E-state index is 0.552. The van der Waals surface area contributed by atoms with Crippen LogP contribution in [0.5, 0.6) is 0 Å². The highest BCUT2D eigenvalue weighted by atomic mass is 35.5. The van der Waals surface area contributed by atoms with Crippen LogP contribution in [0, 0.1) is 0 Å². The highest BCUT2D eigenvalue weighted by Gasteiger charge is 2.24. The molecule has 0 radical (unpaired) electrons. The van der Waals surface area contributed by atoms with Crippen molar-refractivity contribution in [2.45, 2.75) is 32.5 Å². The van der Waals surface area contributed by atoms with Crippen molar-refractivity contribution in [3.8, 4) is 0 Å². The molecule has 2 rings (SSSR count). The third-order valence-electron chi connectivity index (χ3n) is 3.50. The molecule has 2 atom stereocenters. The van der Waals surface area contributed by atoms with Crippen molar-refractivity contribution in [1.29, 1.82) is 0 Å². The molecule has 2 unspecified atom stereocenters. The first kappa shape index (κ1) is 11.9. The summed E-state index contributed by atoms with van der Waals surface area (Å²) in [6.45, 7) is 7.62. The third-order valence-corrected chi connectivity index (χ3v) is 3.86. The molecule has 1 N–H and O–H groups in total. The van der Waals surface area contributed by atoms with Crippen molar-refractivity contribution in [1.82, 2.24) is 10.2 Å². The summed E-state index contributed by atoms with van der Waals surface area (Å²) in [4.78, 5) is 2.49. The molecule has 0 saturated carbocycles. The molecule has 1 aromatic rings. The predicted molar refractivity (Wildman–Crippen MR) is 68.8 cm³/mol. The van der Waals surface area contributed by atoms with Crippen molar-refractivity contribution < 1.29 is 0 Å². The SMILES string of the molecule is CC1NCCN(Cc2ccccc2Cl)C1C.